The average molecular weight is 451 g/mol. The van der Waals surface area contributed by atoms with Crippen molar-refractivity contribution < 1.29 is 18.0 Å². The Morgan fingerprint density at radius 1 is 1.00 bits per heavy atom. The van der Waals surface area contributed by atoms with Gasteiger partial charge in [-0.05, 0) is 48.4 Å². The molecule has 1 aromatic heterocycles. The molecule has 2 heterocycles. The zero-order chi connectivity index (χ0) is 22.6. The van der Waals surface area contributed by atoms with Crippen molar-refractivity contribution >= 4 is 33.2 Å². The molecule has 2 aromatic carbocycles. The third kappa shape index (κ3) is 4.47. The second kappa shape index (κ2) is 9.19. The summed E-state index contributed by atoms with van der Waals surface area (Å²) in [6.07, 6.45) is 3.64. The van der Waals surface area contributed by atoms with Gasteiger partial charge in [0.2, 0.25) is 11.8 Å². The fourth-order valence-electron chi connectivity index (χ4n) is 3.58. The van der Waals surface area contributed by atoms with Crippen LogP contribution in [0.4, 0.5) is 11.4 Å². The van der Waals surface area contributed by atoms with Crippen molar-refractivity contribution in [3.8, 4) is 0 Å². The van der Waals surface area contributed by atoms with Gasteiger partial charge in [-0.1, -0.05) is 30.3 Å². The molecule has 0 radical (unpaired) electrons. The summed E-state index contributed by atoms with van der Waals surface area (Å²) in [6.45, 7) is 0.360. The van der Waals surface area contributed by atoms with Crippen LogP contribution in [-0.4, -0.2) is 37.8 Å². The van der Waals surface area contributed by atoms with E-state index in [9.17, 15) is 18.0 Å². The lowest BCUT2D eigenvalue weighted by Gasteiger charge is -2.36. The number of para-hydroxylation sites is 2. The van der Waals surface area contributed by atoms with Crippen molar-refractivity contribution in [2.45, 2.75) is 23.8 Å². The van der Waals surface area contributed by atoms with Crippen molar-refractivity contribution in [1.82, 2.24) is 10.3 Å². The Kier molecular flexibility index (Phi) is 6.18. The van der Waals surface area contributed by atoms with Crippen LogP contribution in [0.15, 0.2) is 84.0 Å². The number of anilines is 2. The highest BCUT2D eigenvalue weighted by Crippen LogP contribution is 2.37. The molecule has 2 N–H and O–H groups in total. The lowest BCUT2D eigenvalue weighted by Crippen LogP contribution is -2.52. The number of amides is 2. The molecule has 1 atom stereocenters. The second-order valence-corrected chi connectivity index (χ2v) is 9.11. The zero-order valence-electron chi connectivity index (χ0n) is 17.1. The van der Waals surface area contributed by atoms with E-state index in [0.717, 1.165) is 9.87 Å². The SMILES string of the molecule is O=C(C[C@H]1C(=O)Nc2ccccc2N1S(=O)(=O)c1ccccc1)NCCc1ccncc1. The molecule has 4 rings (SSSR count). The topological polar surface area (TPSA) is 108 Å². The van der Waals surface area contributed by atoms with E-state index in [1.54, 1.807) is 54.9 Å². The highest BCUT2D eigenvalue weighted by molar-refractivity contribution is 7.93. The molecule has 32 heavy (non-hydrogen) atoms. The van der Waals surface area contributed by atoms with Crippen molar-refractivity contribution in [2.75, 3.05) is 16.2 Å². The molecule has 2 amide bonds. The molecule has 1 aliphatic rings. The van der Waals surface area contributed by atoms with Gasteiger partial charge in [-0.3, -0.25) is 18.9 Å². The monoisotopic (exact) mass is 450 g/mol. The maximum atomic E-state index is 13.5. The van der Waals surface area contributed by atoms with Crippen molar-refractivity contribution in [3.63, 3.8) is 0 Å². The molecule has 3 aromatic rings. The highest BCUT2D eigenvalue weighted by atomic mass is 32.2. The minimum Gasteiger partial charge on any atom is -0.356 e. The summed E-state index contributed by atoms with van der Waals surface area (Å²) in [4.78, 5) is 29.5. The van der Waals surface area contributed by atoms with Gasteiger partial charge in [-0.15, -0.1) is 0 Å². The first-order valence-corrected chi connectivity index (χ1v) is 11.6. The van der Waals surface area contributed by atoms with Gasteiger partial charge >= 0.3 is 0 Å². The summed E-state index contributed by atoms with van der Waals surface area (Å²) in [5.74, 6) is -0.959. The van der Waals surface area contributed by atoms with Crippen molar-refractivity contribution in [2.24, 2.45) is 0 Å². The van der Waals surface area contributed by atoms with E-state index in [1.807, 2.05) is 12.1 Å². The van der Waals surface area contributed by atoms with E-state index in [0.29, 0.717) is 24.3 Å². The molecule has 8 nitrogen and oxygen atoms in total. The van der Waals surface area contributed by atoms with Crippen LogP contribution < -0.4 is 14.9 Å². The van der Waals surface area contributed by atoms with Gasteiger partial charge in [0.15, 0.2) is 0 Å². The van der Waals surface area contributed by atoms with E-state index < -0.39 is 27.9 Å². The molecule has 9 heteroatoms. The third-order valence-electron chi connectivity index (χ3n) is 5.15. The zero-order valence-corrected chi connectivity index (χ0v) is 18.0. The number of aromatic nitrogens is 1. The molecule has 0 spiro atoms. The molecule has 0 unspecified atom stereocenters. The van der Waals surface area contributed by atoms with Crippen LogP contribution in [-0.2, 0) is 26.0 Å². The fourth-order valence-corrected chi connectivity index (χ4v) is 5.24. The summed E-state index contributed by atoms with van der Waals surface area (Å²) < 4.78 is 28.0. The van der Waals surface area contributed by atoms with Crippen LogP contribution in [0, 0.1) is 0 Å². The molecule has 0 bridgehead atoms. The summed E-state index contributed by atoms with van der Waals surface area (Å²) >= 11 is 0. The van der Waals surface area contributed by atoms with Gasteiger partial charge < -0.3 is 10.6 Å². The van der Waals surface area contributed by atoms with Crippen LogP contribution in [0.5, 0.6) is 0 Å². The normalized spacial score (nSPS) is 15.6. The summed E-state index contributed by atoms with van der Waals surface area (Å²) in [5.41, 5.74) is 1.72. The molecule has 164 valence electrons. The third-order valence-corrected chi connectivity index (χ3v) is 6.99. The number of hydrogen-bond donors (Lipinski definition) is 2. The molecule has 0 aliphatic carbocycles. The van der Waals surface area contributed by atoms with E-state index in [2.05, 4.69) is 15.6 Å². The van der Waals surface area contributed by atoms with E-state index in [4.69, 9.17) is 0 Å². The Bertz CT molecular complexity index is 1220. The predicted octanol–water partition coefficient (Wildman–Crippen LogP) is 2.35. The standard InChI is InChI=1S/C23H22N4O4S/c28-22(25-15-12-17-10-13-24-14-11-17)16-21-23(29)26-19-8-4-5-9-20(19)27(21)32(30,31)18-6-2-1-3-7-18/h1-11,13-14,21H,12,15-16H2,(H,25,28)(H,26,29)/t21-/m0/s1. The fraction of sp³-hybridized carbons (Fsp3) is 0.174. The largest absolute Gasteiger partial charge is 0.356 e. The van der Waals surface area contributed by atoms with E-state index >= 15 is 0 Å². The Morgan fingerprint density at radius 3 is 2.44 bits per heavy atom. The first-order chi connectivity index (χ1) is 15.5. The minimum atomic E-state index is -4.08. The van der Waals surface area contributed by atoms with Crippen molar-refractivity contribution in [1.29, 1.82) is 0 Å². The Morgan fingerprint density at radius 2 is 1.69 bits per heavy atom. The van der Waals surface area contributed by atoms with Gasteiger partial charge in [0.1, 0.15) is 6.04 Å². The molecule has 1 aliphatic heterocycles. The molecule has 0 saturated carbocycles. The van der Waals surface area contributed by atoms with E-state index in [1.165, 1.54) is 12.1 Å². The molecular weight excluding hydrogens is 428 g/mol. The van der Waals surface area contributed by atoms with Crippen LogP contribution in [0.25, 0.3) is 0 Å². The van der Waals surface area contributed by atoms with Gasteiger partial charge in [0, 0.05) is 18.9 Å². The lowest BCUT2D eigenvalue weighted by atomic mass is 10.1. The number of fused-ring (bicyclic) bond motifs is 1. The predicted molar refractivity (Wildman–Crippen MR) is 121 cm³/mol. The summed E-state index contributed by atoms with van der Waals surface area (Å²) in [7, 11) is -4.08. The molecule has 0 fully saturated rings. The van der Waals surface area contributed by atoms with Gasteiger partial charge in [-0.2, -0.15) is 0 Å². The van der Waals surface area contributed by atoms with E-state index in [-0.39, 0.29) is 11.3 Å². The Hall–Kier alpha value is -3.72. The number of pyridine rings is 1. The maximum absolute atomic E-state index is 13.5. The molecule has 0 saturated heterocycles. The lowest BCUT2D eigenvalue weighted by molar-refractivity contribution is -0.125. The quantitative estimate of drug-likeness (QED) is 0.574. The average Bonchev–Trinajstić information content (AvgIpc) is 2.80. The number of benzene rings is 2. The Balaban J connectivity index is 1.58. The first kappa shape index (κ1) is 21.5. The summed E-state index contributed by atoms with van der Waals surface area (Å²) in [6, 6.07) is 17.0. The second-order valence-electron chi connectivity index (χ2n) is 7.30. The number of carbonyl (C=O) groups is 2. The van der Waals surface area contributed by atoms with Crippen LogP contribution in [0.1, 0.15) is 12.0 Å². The minimum absolute atomic E-state index is 0.0487. The number of sulfonamides is 1. The van der Waals surface area contributed by atoms with Gasteiger partial charge in [0.05, 0.1) is 22.7 Å². The van der Waals surface area contributed by atoms with Crippen molar-refractivity contribution in [3.05, 3.63) is 84.7 Å². The van der Waals surface area contributed by atoms with Gasteiger partial charge in [-0.25, -0.2) is 8.42 Å². The maximum Gasteiger partial charge on any atom is 0.265 e. The van der Waals surface area contributed by atoms with Crippen LogP contribution >= 0.6 is 0 Å². The van der Waals surface area contributed by atoms with Crippen LogP contribution in [0.3, 0.4) is 0 Å². The highest BCUT2D eigenvalue weighted by Gasteiger charge is 2.41. The number of nitrogens with zero attached hydrogens (tertiary/aromatic N) is 2. The number of rotatable bonds is 7. The molecular formula is C23H22N4O4S. The number of hydrogen-bond acceptors (Lipinski definition) is 5. The number of nitrogens with one attached hydrogen (secondary N) is 2. The smallest absolute Gasteiger partial charge is 0.265 e. The van der Waals surface area contributed by atoms with Crippen LogP contribution in [0.2, 0.25) is 0 Å². The number of carbonyl (C=O) groups excluding carboxylic acids is 2. The Labute approximate surface area is 186 Å². The van der Waals surface area contributed by atoms with Gasteiger partial charge in [0.25, 0.3) is 10.0 Å². The summed E-state index contributed by atoms with van der Waals surface area (Å²) in [5, 5.41) is 5.49. The first-order valence-electron chi connectivity index (χ1n) is 10.1.